The van der Waals surface area contributed by atoms with E-state index in [1.165, 1.54) is 0 Å². The molecule has 0 aromatic heterocycles. The van der Waals surface area contributed by atoms with Crippen molar-refractivity contribution in [3.63, 3.8) is 0 Å². The van der Waals surface area contributed by atoms with Crippen molar-refractivity contribution in [2.24, 2.45) is 0 Å². The minimum absolute atomic E-state index is 0. The van der Waals surface area contributed by atoms with Crippen LogP contribution in [0.2, 0.25) is 0 Å². The topological polar surface area (TPSA) is 107 Å². The number of hydrogen-bond acceptors (Lipinski definition) is 4. The number of halogens is 1. The van der Waals surface area contributed by atoms with Gasteiger partial charge in [-0.15, -0.1) is 0 Å². The first-order valence-corrected chi connectivity index (χ1v) is 7.63. The number of aliphatic carboxylic acids is 2. The van der Waals surface area contributed by atoms with Crippen LogP contribution >= 0.6 is 15.9 Å². The van der Waals surface area contributed by atoms with E-state index >= 15 is 0 Å². The number of carboxylic acid groups (broad SMARTS) is 2. The molecule has 133 valence electrons. The van der Waals surface area contributed by atoms with Gasteiger partial charge in [0, 0.05) is 30.3 Å². The summed E-state index contributed by atoms with van der Waals surface area (Å²) in [7, 11) is 0. The molecule has 0 aliphatic heterocycles. The van der Waals surface area contributed by atoms with Gasteiger partial charge >= 0.3 is 11.9 Å². The molecule has 0 aliphatic carbocycles. The SMILES string of the molecule is Cc1cc(C)c(NC(=O)CN(CC(=O)O)CC(=O)O)c(C)c1Br.[99Tc]. The summed E-state index contributed by atoms with van der Waals surface area (Å²) in [6, 6.07) is 1.92. The molecule has 0 spiro atoms. The third-order valence-corrected chi connectivity index (χ3v) is 4.45. The molecule has 0 unspecified atom stereocenters. The Bertz CT molecular complexity index is 635. The molecular formula is C15H19BrN2O5Tc. The number of hydrogen-bond donors (Lipinski definition) is 3. The molecule has 1 aromatic carbocycles. The Morgan fingerprint density at radius 1 is 1.04 bits per heavy atom. The maximum absolute atomic E-state index is 12.1. The third kappa shape index (κ3) is 6.68. The van der Waals surface area contributed by atoms with Gasteiger partial charge in [-0.05, 0) is 37.5 Å². The van der Waals surface area contributed by atoms with Crippen molar-refractivity contribution in [2.75, 3.05) is 25.0 Å². The Morgan fingerprint density at radius 3 is 2.00 bits per heavy atom. The van der Waals surface area contributed by atoms with Crippen LogP contribution in [0.15, 0.2) is 10.5 Å². The summed E-state index contributed by atoms with van der Waals surface area (Å²) in [5.74, 6) is -2.84. The largest absolute Gasteiger partial charge is 0.480 e. The number of nitrogens with one attached hydrogen (secondary N) is 1. The number of amides is 1. The zero-order valence-corrected chi connectivity index (χ0v) is 17.0. The number of anilines is 1. The van der Waals surface area contributed by atoms with Gasteiger partial charge in [0.2, 0.25) is 5.91 Å². The first-order chi connectivity index (χ1) is 10.6. The third-order valence-electron chi connectivity index (χ3n) is 3.23. The number of carboxylic acids is 2. The maximum atomic E-state index is 12.1. The molecule has 0 heterocycles. The minimum atomic E-state index is -1.19. The molecule has 1 amide bonds. The van der Waals surface area contributed by atoms with E-state index in [4.69, 9.17) is 10.2 Å². The molecule has 0 atom stereocenters. The maximum Gasteiger partial charge on any atom is 0.317 e. The quantitative estimate of drug-likeness (QED) is 0.543. The van der Waals surface area contributed by atoms with Gasteiger partial charge in [0.25, 0.3) is 0 Å². The molecular weight excluding hydrogens is 467 g/mol. The first-order valence-electron chi connectivity index (χ1n) is 6.84. The van der Waals surface area contributed by atoms with Gasteiger partial charge in [0.1, 0.15) is 0 Å². The molecule has 1 aromatic rings. The number of benzene rings is 1. The summed E-state index contributed by atoms with van der Waals surface area (Å²) in [6.45, 7) is 4.30. The second-order valence-electron chi connectivity index (χ2n) is 5.31. The summed E-state index contributed by atoms with van der Waals surface area (Å²) in [5.41, 5.74) is 3.41. The van der Waals surface area contributed by atoms with Gasteiger partial charge in [0.05, 0.1) is 19.6 Å². The number of carbonyl (C=O) groups is 3. The smallest absolute Gasteiger partial charge is 0.317 e. The predicted molar refractivity (Wildman–Crippen MR) is 88.7 cm³/mol. The van der Waals surface area contributed by atoms with E-state index in [0.717, 1.165) is 26.1 Å². The minimum Gasteiger partial charge on any atom is -0.480 e. The first kappa shape index (κ1) is 22.7. The van der Waals surface area contributed by atoms with E-state index in [1.54, 1.807) is 0 Å². The molecule has 0 saturated heterocycles. The van der Waals surface area contributed by atoms with E-state index < -0.39 is 30.9 Å². The van der Waals surface area contributed by atoms with Crippen LogP contribution < -0.4 is 5.32 Å². The van der Waals surface area contributed by atoms with Crippen LogP contribution in [0, 0.1) is 20.8 Å². The molecule has 0 bridgehead atoms. The van der Waals surface area contributed by atoms with Crippen molar-refractivity contribution < 1.29 is 44.7 Å². The predicted octanol–water partition coefficient (Wildman–Crippen LogP) is 1.78. The Morgan fingerprint density at radius 2 is 1.54 bits per heavy atom. The van der Waals surface area contributed by atoms with Crippen molar-refractivity contribution in [2.45, 2.75) is 20.8 Å². The molecule has 9 heteroatoms. The van der Waals surface area contributed by atoms with Gasteiger partial charge in [-0.25, -0.2) is 0 Å². The van der Waals surface area contributed by atoms with Gasteiger partial charge in [-0.3, -0.25) is 19.3 Å². The van der Waals surface area contributed by atoms with E-state index in [0.29, 0.717) is 5.69 Å². The fourth-order valence-electron chi connectivity index (χ4n) is 2.29. The van der Waals surface area contributed by atoms with Crippen LogP contribution in [0.4, 0.5) is 5.69 Å². The molecule has 3 N–H and O–H groups in total. The number of rotatable bonds is 7. The molecule has 24 heavy (non-hydrogen) atoms. The molecule has 0 saturated carbocycles. The van der Waals surface area contributed by atoms with Crippen LogP contribution in [0.3, 0.4) is 0 Å². The summed E-state index contributed by atoms with van der Waals surface area (Å²) in [4.78, 5) is 34.7. The number of aryl methyl sites for hydroxylation is 2. The van der Waals surface area contributed by atoms with Crippen molar-refractivity contribution in [3.05, 3.63) is 27.2 Å². The van der Waals surface area contributed by atoms with Crippen molar-refractivity contribution in [3.8, 4) is 0 Å². The van der Waals surface area contributed by atoms with Crippen molar-refractivity contribution >= 4 is 39.5 Å². The molecule has 1 radical (unpaired) electrons. The van der Waals surface area contributed by atoms with Crippen molar-refractivity contribution in [1.82, 2.24) is 4.90 Å². The molecule has 7 nitrogen and oxygen atoms in total. The van der Waals surface area contributed by atoms with Crippen LogP contribution in [-0.4, -0.2) is 52.6 Å². The monoisotopic (exact) mass is 485 g/mol. The molecule has 0 aliphatic rings. The average molecular weight is 486 g/mol. The average Bonchev–Trinajstić information content (AvgIpc) is 2.39. The van der Waals surface area contributed by atoms with Crippen molar-refractivity contribution in [1.29, 1.82) is 0 Å². The molecule has 0 fully saturated rings. The summed E-state index contributed by atoms with van der Waals surface area (Å²) in [5, 5.41) is 20.3. The Kier molecular flexibility index (Phi) is 9.35. The number of nitrogens with zero attached hydrogens (tertiary/aromatic N) is 1. The second kappa shape index (κ2) is 9.88. The second-order valence-corrected chi connectivity index (χ2v) is 6.10. The Hall–Kier alpha value is -1.28. The van der Waals surface area contributed by atoms with Crippen LogP contribution in [-0.2, 0) is 34.5 Å². The summed E-state index contributed by atoms with van der Waals surface area (Å²) < 4.78 is 0.881. The normalized spacial score (nSPS) is 10.2. The van der Waals surface area contributed by atoms with Gasteiger partial charge in [0.15, 0.2) is 0 Å². The fourth-order valence-corrected chi connectivity index (χ4v) is 2.60. The standard InChI is InChI=1S/C15H19BrN2O5.Tc/c1-8-4-9(2)15(10(3)14(8)16)17-11(19)5-18(6-12(20)21)7-13(22)23;/h4H,5-7H2,1-3H3,(H,17,19)(H,20,21)(H,22,23);/i;1+1. The molecule has 1 rings (SSSR count). The van der Waals surface area contributed by atoms with E-state index in [1.807, 2.05) is 26.8 Å². The van der Waals surface area contributed by atoms with Crippen LogP contribution in [0.25, 0.3) is 0 Å². The van der Waals surface area contributed by atoms with Gasteiger partial charge < -0.3 is 15.5 Å². The van der Waals surface area contributed by atoms with Gasteiger partial charge in [-0.1, -0.05) is 22.0 Å². The van der Waals surface area contributed by atoms with Crippen LogP contribution in [0.5, 0.6) is 0 Å². The van der Waals surface area contributed by atoms with E-state index in [9.17, 15) is 14.4 Å². The van der Waals surface area contributed by atoms with E-state index in [2.05, 4.69) is 21.2 Å². The van der Waals surface area contributed by atoms with E-state index in [-0.39, 0.29) is 26.7 Å². The summed E-state index contributed by atoms with van der Waals surface area (Å²) >= 11 is 3.45. The number of carbonyl (C=O) groups excluding carboxylic acids is 1. The zero-order valence-electron chi connectivity index (χ0n) is 13.5. The zero-order chi connectivity index (χ0) is 17.7. The van der Waals surface area contributed by atoms with Gasteiger partial charge in [-0.2, -0.15) is 0 Å². The fraction of sp³-hybridized carbons (Fsp3) is 0.400. The summed E-state index contributed by atoms with van der Waals surface area (Å²) in [6.07, 6.45) is 0. The van der Waals surface area contributed by atoms with Crippen LogP contribution in [0.1, 0.15) is 16.7 Å². The Balaban J connectivity index is 0.00000529. The Labute approximate surface area is 161 Å².